The Morgan fingerprint density at radius 3 is 3.06 bits per heavy atom. The predicted octanol–water partition coefficient (Wildman–Crippen LogP) is 1.03. The molecule has 1 unspecified atom stereocenters. The Hall–Kier alpha value is -0.910. The molecule has 0 saturated heterocycles. The van der Waals surface area contributed by atoms with E-state index in [0.717, 1.165) is 13.0 Å². The van der Waals surface area contributed by atoms with E-state index in [1.165, 1.54) is 5.56 Å². The van der Waals surface area contributed by atoms with Gasteiger partial charge in [-0.2, -0.15) is 11.3 Å². The third-order valence-electron chi connectivity index (χ3n) is 2.28. The molecule has 17 heavy (non-hydrogen) atoms. The van der Waals surface area contributed by atoms with Gasteiger partial charge in [0.05, 0.1) is 13.2 Å². The molecule has 1 rings (SSSR count). The lowest BCUT2D eigenvalue weighted by atomic mass is 10.2. The summed E-state index contributed by atoms with van der Waals surface area (Å²) in [5.74, 6) is 0.0138. The van der Waals surface area contributed by atoms with Crippen molar-refractivity contribution in [2.45, 2.75) is 19.4 Å². The Labute approximate surface area is 106 Å². The van der Waals surface area contributed by atoms with Crippen molar-refractivity contribution < 1.29 is 9.53 Å². The predicted molar refractivity (Wildman–Crippen MR) is 70.4 cm³/mol. The van der Waals surface area contributed by atoms with Gasteiger partial charge in [-0.15, -0.1) is 0 Å². The van der Waals surface area contributed by atoms with Crippen LogP contribution in [0.1, 0.15) is 12.5 Å². The highest BCUT2D eigenvalue weighted by molar-refractivity contribution is 7.07. The quantitative estimate of drug-likeness (QED) is 0.683. The van der Waals surface area contributed by atoms with Crippen LogP contribution in [-0.2, 0) is 16.0 Å². The van der Waals surface area contributed by atoms with E-state index >= 15 is 0 Å². The van der Waals surface area contributed by atoms with Crippen LogP contribution in [0.25, 0.3) is 0 Å². The molecule has 5 heteroatoms. The topological polar surface area (TPSA) is 50.4 Å². The maximum atomic E-state index is 11.5. The van der Waals surface area contributed by atoms with E-state index < -0.39 is 0 Å². The molecule has 0 aliphatic heterocycles. The van der Waals surface area contributed by atoms with Crippen LogP contribution in [0.3, 0.4) is 0 Å². The zero-order valence-electron chi connectivity index (χ0n) is 10.4. The lowest BCUT2D eigenvalue weighted by Gasteiger charge is -2.12. The minimum atomic E-state index is 0.0138. The third kappa shape index (κ3) is 6.41. The van der Waals surface area contributed by atoms with Gasteiger partial charge in [0, 0.05) is 13.2 Å². The lowest BCUT2D eigenvalue weighted by Crippen LogP contribution is -2.41. The standard InChI is InChI=1S/C12H20N2O2S/c1-10(8-16-2)14-12(15)7-13-5-3-11-4-6-17-9-11/h4,6,9-10,13H,3,5,7-8H2,1-2H3,(H,14,15). The van der Waals surface area contributed by atoms with Gasteiger partial charge in [0.2, 0.25) is 5.91 Å². The van der Waals surface area contributed by atoms with Crippen LogP contribution in [0.15, 0.2) is 16.8 Å². The molecular weight excluding hydrogens is 236 g/mol. The van der Waals surface area contributed by atoms with Gasteiger partial charge in [0.25, 0.3) is 0 Å². The van der Waals surface area contributed by atoms with E-state index in [-0.39, 0.29) is 11.9 Å². The van der Waals surface area contributed by atoms with Gasteiger partial charge >= 0.3 is 0 Å². The third-order valence-corrected chi connectivity index (χ3v) is 3.01. The van der Waals surface area contributed by atoms with Crippen molar-refractivity contribution in [2.24, 2.45) is 0 Å². The van der Waals surface area contributed by atoms with E-state index in [9.17, 15) is 4.79 Å². The second-order valence-corrected chi connectivity index (χ2v) is 4.76. The summed E-state index contributed by atoms with van der Waals surface area (Å²) in [6.45, 7) is 3.65. The Bertz CT molecular complexity index is 314. The Kier molecular flexibility index (Phi) is 6.84. The first-order chi connectivity index (χ1) is 8.22. The fourth-order valence-electron chi connectivity index (χ4n) is 1.49. The molecule has 0 spiro atoms. The van der Waals surface area contributed by atoms with Gasteiger partial charge in [-0.1, -0.05) is 0 Å². The van der Waals surface area contributed by atoms with Crippen LogP contribution in [-0.4, -0.2) is 38.8 Å². The summed E-state index contributed by atoms with van der Waals surface area (Å²) in [5, 5.41) is 10.2. The van der Waals surface area contributed by atoms with E-state index in [1.54, 1.807) is 18.4 Å². The molecule has 1 heterocycles. The molecule has 1 aromatic heterocycles. The fraction of sp³-hybridized carbons (Fsp3) is 0.583. The SMILES string of the molecule is COCC(C)NC(=O)CNCCc1ccsc1. The van der Waals surface area contributed by atoms with E-state index in [1.807, 2.05) is 6.92 Å². The van der Waals surface area contributed by atoms with Crippen molar-refractivity contribution in [1.82, 2.24) is 10.6 Å². The van der Waals surface area contributed by atoms with Gasteiger partial charge in [0.1, 0.15) is 0 Å². The van der Waals surface area contributed by atoms with Crippen LogP contribution < -0.4 is 10.6 Å². The molecule has 0 aliphatic carbocycles. The number of methoxy groups -OCH3 is 1. The lowest BCUT2D eigenvalue weighted by molar-refractivity contribution is -0.121. The number of hydrogen-bond donors (Lipinski definition) is 2. The van der Waals surface area contributed by atoms with Gasteiger partial charge in [-0.05, 0) is 42.3 Å². The van der Waals surface area contributed by atoms with Gasteiger partial charge in [-0.25, -0.2) is 0 Å². The highest BCUT2D eigenvalue weighted by Gasteiger charge is 2.05. The van der Waals surface area contributed by atoms with Crippen molar-refractivity contribution in [2.75, 3.05) is 26.8 Å². The molecule has 1 atom stereocenters. The Balaban J connectivity index is 2.04. The molecule has 0 saturated carbocycles. The summed E-state index contributed by atoms with van der Waals surface area (Å²) < 4.78 is 4.95. The molecule has 1 aromatic rings. The summed E-state index contributed by atoms with van der Waals surface area (Å²) in [6.07, 6.45) is 0.963. The van der Waals surface area contributed by atoms with Crippen LogP contribution in [0.4, 0.5) is 0 Å². The number of nitrogens with one attached hydrogen (secondary N) is 2. The number of carbonyl (C=O) groups is 1. The van der Waals surface area contributed by atoms with E-state index in [4.69, 9.17) is 4.74 Å². The van der Waals surface area contributed by atoms with Crippen LogP contribution >= 0.6 is 11.3 Å². The number of rotatable bonds is 8. The Morgan fingerprint density at radius 1 is 1.59 bits per heavy atom. The maximum Gasteiger partial charge on any atom is 0.234 e. The van der Waals surface area contributed by atoms with Crippen LogP contribution in [0.5, 0.6) is 0 Å². The molecule has 0 aromatic carbocycles. The van der Waals surface area contributed by atoms with Crippen molar-refractivity contribution >= 4 is 17.2 Å². The zero-order valence-corrected chi connectivity index (χ0v) is 11.2. The molecule has 0 fully saturated rings. The summed E-state index contributed by atoms with van der Waals surface area (Å²) in [7, 11) is 1.63. The molecule has 0 radical (unpaired) electrons. The summed E-state index contributed by atoms with van der Waals surface area (Å²) in [6, 6.07) is 2.17. The van der Waals surface area contributed by atoms with Crippen LogP contribution in [0, 0.1) is 0 Å². The van der Waals surface area contributed by atoms with Crippen molar-refractivity contribution in [3.63, 3.8) is 0 Å². The number of hydrogen-bond acceptors (Lipinski definition) is 4. The van der Waals surface area contributed by atoms with Crippen molar-refractivity contribution in [1.29, 1.82) is 0 Å². The monoisotopic (exact) mass is 256 g/mol. The summed E-state index contributed by atoms with van der Waals surface area (Å²) in [5.41, 5.74) is 1.32. The van der Waals surface area contributed by atoms with Crippen molar-refractivity contribution in [3.05, 3.63) is 22.4 Å². The second-order valence-electron chi connectivity index (χ2n) is 3.98. The molecule has 96 valence electrons. The highest BCUT2D eigenvalue weighted by Crippen LogP contribution is 2.05. The molecule has 4 nitrogen and oxygen atoms in total. The van der Waals surface area contributed by atoms with Crippen molar-refractivity contribution in [3.8, 4) is 0 Å². The minimum absolute atomic E-state index is 0.0138. The number of ether oxygens (including phenoxy) is 1. The normalized spacial score (nSPS) is 12.4. The average Bonchev–Trinajstić information content (AvgIpc) is 2.77. The largest absolute Gasteiger partial charge is 0.383 e. The molecular formula is C12H20N2O2S. The first kappa shape index (κ1) is 14.2. The highest BCUT2D eigenvalue weighted by atomic mass is 32.1. The summed E-state index contributed by atoms with van der Waals surface area (Å²) >= 11 is 1.70. The molecule has 0 bridgehead atoms. The summed E-state index contributed by atoms with van der Waals surface area (Å²) in [4.78, 5) is 11.5. The fourth-order valence-corrected chi connectivity index (χ4v) is 2.19. The smallest absolute Gasteiger partial charge is 0.234 e. The van der Waals surface area contributed by atoms with Gasteiger partial charge in [0.15, 0.2) is 0 Å². The molecule has 2 N–H and O–H groups in total. The number of carbonyl (C=O) groups excluding carboxylic acids is 1. The maximum absolute atomic E-state index is 11.5. The average molecular weight is 256 g/mol. The van der Waals surface area contributed by atoms with Crippen LogP contribution in [0.2, 0.25) is 0 Å². The number of amides is 1. The second kappa shape index (κ2) is 8.22. The number of thiophene rings is 1. The van der Waals surface area contributed by atoms with E-state index in [2.05, 4.69) is 27.5 Å². The first-order valence-electron chi connectivity index (χ1n) is 5.72. The minimum Gasteiger partial charge on any atom is -0.383 e. The first-order valence-corrected chi connectivity index (χ1v) is 6.66. The molecule has 1 amide bonds. The zero-order chi connectivity index (χ0) is 12.5. The Morgan fingerprint density at radius 2 is 2.41 bits per heavy atom. The molecule has 0 aliphatic rings. The van der Waals surface area contributed by atoms with Gasteiger partial charge < -0.3 is 15.4 Å². The van der Waals surface area contributed by atoms with Gasteiger partial charge in [-0.3, -0.25) is 4.79 Å². The van der Waals surface area contributed by atoms with E-state index in [0.29, 0.717) is 13.2 Å².